The number of piperidine rings is 1. The molecule has 1 aromatic carbocycles. The second kappa shape index (κ2) is 7.57. The number of benzene rings is 1. The lowest BCUT2D eigenvalue weighted by Crippen LogP contribution is -2.39. The van der Waals surface area contributed by atoms with Gasteiger partial charge in [-0.3, -0.25) is 9.48 Å². The highest BCUT2D eigenvalue weighted by Gasteiger charge is 2.29. The number of aryl methyl sites for hydroxylation is 2. The molecular weight excluding hydrogens is 399 g/mol. The topological polar surface area (TPSA) is 89.9 Å². The van der Waals surface area contributed by atoms with E-state index >= 15 is 0 Å². The van der Waals surface area contributed by atoms with Crippen molar-refractivity contribution in [2.45, 2.75) is 25.7 Å². The summed E-state index contributed by atoms with van der Waals surface area (Å²) in [5, 5.41) is 9.24. The van der Waals surface area contributed by atoms with E-state index in [1.54, 1.807) is 27.9 Å². The number of aromatic nitrogens is 5. The summed E-state index contributed by atoms with van der Waals surface area (Å²) in [5.74, 6) is 0.317. The maximum atomic E-state index is 13.5. The average molecular weight is 420 g/mol. The predicted octanol–water partition coefficient (Wildman–Crippen LogP) is 3.49. The SMILES string of the molecule is Cc1nn(C)c2ncc(C(=O)N3CCCC(c4nc(-c5cccc(F)c5)no4)C3)cc12. The number of nitrogens with zero attached hydrogens (tertiary/aromatic N) is 6. The summed E-state index contributed by atoms with van der Waals surface area (Å²) >= 11 is 0. The fourth-order valence-electron chi connectivity index (χ4n) is 4.12. The van der Waals surface area contributed by atoms with Gasteiger partial charge in [0.2, 0.25) is 11.7 Å². The number of carbonyl (C=O) groups is 1. The molecule has 4 heterocycles. The normalized spacial score (nSPS) is 16.7. The van der Waals surface area contributed by atoms with Gasteiger partial charge >= 0.3 is 0 Å². The molecule has 31 heavy (non-hydrogen) atoms. The van der Waals surface area contributed by atoms with Gasteiger partial charge in [0, 0.05) is 37.3 Å². The van der Waals surface area contributed by atoms with Gasteiger partial charge in [0.25, 0.3) is 5.91 Å². The maximum absolute atomic E-state index is 13.5. The number of pyridine rings is 1. The van der Waals surface area contributed by atoms with Crippen LogP contribution in [0.4, 0.5) is 4.39 Å². The first-order chi connectivity index (χ1) is 15.0. The van der Waals surface area contributed by atoms with Crippen molar-refractivity contribution in [3.05, 3.63) is 59.5 Å². The molecule has 1 fully saturated rings. The van der Waals surface area contributed by atoms with E-state index in [0.29, 0.717) is 35.9 Å². The number of amides is 1. The summed E-state index contributed by atoms with van der Waals surface area (Å²) in [6.45, 7) is 3.04. The largest absolute Gasteiger partial charge is 0.339 e. The Morgan fingerprint density at radius 1 is 1.29 bits per heavy atom. The van der Waals surface area contributed by atoms with Crippen molar-refractivity contribution < 1.29 is 13.7 Å². The quantitative estimate of drug-likeness (QED) is 0.504. The summed E-state index contributed by atoms with van der Waals surface area (Å²) in [5.41, 5.74) is 2.69. The predicted molar refractivity (Wildman–Crippen MR) is 111 cm³/mol. The Morgan fingerprint density at radius 3 is 3.00 bits per heavy atom. The Bertz CT molecular complexity index is 1280. The average Bonchev–Trinajstić information content (AvgIpc) is 3.38. The molecule has 0 spiro atoms. The number of halogens is 1. The van der Waals surface area contributed by atoms with E-state index in [0.717, 1.165) is 29.6 Å². The molecule has 1 aliphatic rings. The smallest absolute Gasteiger partial charge is 0.255 e. The Morgan fingerprint density at radius 2 is 2.16 bits per heavy atom. The first-order valence-corrected chi connectivity index (χ1v) is 10.2. The molecule has 1 unspecified atom stereocenters. The molecule has 4 aromatic rings. The molecule has 9 heteroatoms. The van der Waals surface area contributed by atoms with Crippen LogP contribution >= 0.6 is 0 Å². The van der Waals surface area contributed by atoms with Gasteiger partial charge in [-0.1, -0.05) is 17.3 Å². The fourth-order valence-corrected chi connectivity index (χ4v) is 4.12. The van der Waals surface area contributed by atoms with Gasteiger partial charge in [-0.2, -0.15) is 10.1 Å². The van der Waals surface area contributed by atoms with Gasteiger partial charge in [-0.15, -0.1) is 0 Å². The minimum Gasteiger partial charge on any atom is -0.339 e. The lowest BCUT2D eigenvalue weighted by atomic mass is 9.97. The van der Waals surface area contributed by atoms with Crippen molar-refractivity contribution >= 4 is 16.9 Å². The Hall–Kier alpha value is -3.62. The molecule has 0 N–H and O–H groups in total. The van der Waals surface area contributed by atoms with E-state index in [9.17, 15) is 9.18 Å². The maximum Gasteiger partial charge on any atom is 0.255 e. The van der Waals surface area contributed by atoms with Gasteiger partial charge in [-0.05, 0) is 38.0 Å². The lowest BCUT2D eigenvalue weighted by molar-refractivity contribution is 0.0695. The molecule has 1 atom stereocenters. The van der Waals surface area contributed by atoms with Crippen LogP contribution in [0.1, 0.15) is 40.7 Å². The Labute approximate surface area is 177 Å². The molecule has 5 rings (SSSR count). The number of likely N-dealkylation sites (tertiary alicyclic amines) is 1. The van der Waals surface area contributed by atoms with Gasteiger partial charge in [0.15, 0.2) is 5.65 Å². The zero-order chi connectivity index (χ0) is 21.5. The van der Waals surface area contributed by atoms with E-state index in [-0.39, 0.29) is 17.6 Å². The lowest BCUT2D eigenvalue weighted by Gasteiger charge is -2.31. The first kappa shape index (κ1) is 19.3. The van der Waals surface area contributed by atoms with E-state index < -0.39 is 0 Å². The van der Waals surface area contributed by atoms with Crippen molar-refractivity contribution in [3.63, 3.8) is 0 Å². The van der Waals surface area contributed by atoms with Crippen LogP contribution < -0.4 is 0 Å². The summed E-state index contributed by atoms with van der Waals surface area (Å²) in [4.78, 5) is 23.8. The van der Waals surface area contributed by atoms with E-state index in [1.807, 2.05) is 20.0 Å². The minimum atomic E-state index is -0.354. The molecule has 1 saturated heterocycles. The van der Waals surface area contributed by atoms with Crippen LogP contribution in [-0.2, 0) is 7.05 Å². The first-order valence-electron chi connectivity index (χ1n) is 10.2. The number of hydrogen-bond acceptors (Lipinski definition) is 6. The van der Waals surface area contributed by atoms with Crippen LogP contribution in [0.25, 0.3) is 22.4 Å². The second-order valence-corrected chi connectivity index (χ2v) is 7.86. The number of hydrogen-bond donors (Lipinski definition) is 0. The van der Waals surface area contributed by atoms with Crippen LogP contribution in [0.5, 0.6) is 0 Å². The monoisotopic (exact) mass is 420 g/mol. The van der Waals surface area contributed by atoms with Crippen LogP contribution in [0.15, 0.2) is 41.1 Å². The van der Waals surface area contributed by atoms with Gasteiger partial charge in [0.1, 0.15) is 5.82 Å². The highest BCUT2D eigenvalue weighted by Crippen LogP contribution is 2.29. The molecule has 0 aliphatic carbocycles. The van der Waals surface area contributed by atoms with Crippen molar-refractivity contribution in [3.8, 4) is 11.4 Å². The number of carbonyl (C=O) groups excluding carboxylic acids is 1. The molecule has 0 saturated carbocycles. The highest BCUT2D eigenvalue weighted by atomic mass is 19.1. The van der Waals surface area contributed by atoms with Crippen LogP contribution in [0.2, 0.25) is 0 Å². The third-order valence-electron chi connectivity index (χ3n) is 5.69. The summed E-state index contributed by atoms with van der Waals surface area (Å²) < 4.78 is 20.7. The zero-order valence-electron chi connectivity index (χ0n) is 17.2. The summed E-state index contributed by atoms with van der Waals surface area (Å²) in [6.07, 6.45) is 3.27. The standard InChI is InChI=1S/C22H21FN6O2/c1-13-18-10-16(11-24-20(18)28(2)26-13)22(30)29-8-4-6-15(12-29)21-25-19(27-31-21)14-5-3-7-17(23)9-14/h3,5,7,9-11,15H,4,6,8,12H2,1-2H3. The second-order valence-electron chi connectivity index (χ2n) is 7.86. The fraction of sp³-hybridized carbons (Fsp3) is 0.318. The zero-order valence-corrected chi connectivity index (χ0v) is 17.2. The highest BCUT2D eigenvalue weighted by molar-refractivity contribution is 5.97. The van der Waals surface area contributed by atoms with Crippen LogP contribution in [0, 0.1) is 12.7 Å². The number of rotatable bonds is 3. The van der Waals surface area contributed by atoms with Gasteiger partial charge in [-0.25, -0.2) is 9.37 Å². The van der Waals surface area contributed by atoms with Crippen molar-refractivity contribution in [1.82, 2.24) is 29.8 Å². The summed E-state index contributed by atoms with van der Waals surface area (Å²) in [7, 11) is 1.83. The molecule has 8 nitrogen and oxygen atoms in total. The van der Waals surface area contributed by atoms with Gasteiger partial charge in [0.05, 0.1) is 17.2 Å². The third kappa shape index (κ3) is 3.56. The molecule has 1 aliphatic heterocycles. The van der Waals surface area contributed by atoms with E-state index in [1.165, 1.54) is 12.1 Å². The Kier molecular flexibility index (Phi) is 4.72. The van der Waals surface area contributed by atoms with Gasteiger partial charge < -0.3 is 9.42 Å². The van der Waals surface area contributed by atoms with Crippen LogP contribution in [-0.4, -0.2) is 48.8 Å². The van der Waals surface area contributed by atoms with Crippen molar-refractivity contribution in [2.75, 3.05) is 13.1 Å². The van der Waals surface area contributed by atoms with E-state index in [4.69, 9.17) is 4.52 Å². The molecule has 158 valence electrons. The molecule has 3 aromatic heterocycles. The molecule has 0 radical (unpaired) electrons. The van der Waals surface area contributed by atoms with Crippen molar-refractivity contribution in [1.29, 1.82) is 0 Å². The Balaban J connectivity index is 1.36. The third-order valence-corrected chi connectivity index (χ3v) is 5.69. The molecule has 0 bridgehead atoms. The molecular formula is C22H21FN6O2. The van der Waals surface area contributed by atoms with E-state index in [2.05, 4.69) is 20.2 Å². The molecule has 1 amide bonds. The number of fused-ring (bicyclic) bond motifs is 1. The van der Waals surface area contributed by atoms with Crippen molar-refractivity contribution in [2.24, 2.45) is 7.05 Å². The minimum absolute atomic E-state index is 0.0654. The summed E-state index contributed by atoms with van der Waals surface area (Å²) in [6, 6.07) is 7.93. The van der Waals surface area contributed by atoms with Crippen LogP contribution in [0.3, 0.4) is 0 Å².